The Labute approximate surface area is 170 Å². The highest BCUT2D eigenvalue weighted by Crippen LogP contribution is 2.29. The molecule has 1 aliphatic rings. The van der Waals surface area contributed by atoms with E-state index in [4.69, 9.17) is 0 Å². The number of benzene rings is 2. The van der Waals surface area contributed by atoms with Crippen molar-refractivity contribution in [2.24, 2.45) is 0 Å². The normalized spacial score (nSPS) is 13.6. The molecule has 3 aromatic rings. The highest BCUT2D eigenvalue weighted by Gasteiger charge is 2.12. The third-order valence-corrected chi connectivity index (χ3v) is 6.18. The summed E-state index contributed by atoms with van der Waals surface area (Å²) >= 11 is 1.61. The Morgan fingerprint density at radius 1 is 1.21 bits per heavy atom. The summed E-state index contributed by atoms with van der Waals surface area (Å²) < 4.78 is 1.98. The maximum absolute atomic E-state index is 12.6. The highest BCUT2D eigenvalue weighted by molar-refractivity contribution is 7.97. The first-order valence-electron chi connectivity index (χ1n) is 9.77. The number of nitrogens with zero attached hydrogens (tertiary/aromatic N) is 1. The summed E-state index contributed by atoms with van der Waals surface area (Å²) in [4.78, 5) is 13.7. The van der Waals surface area contributed by atoms with E-state index in [1.807, 2.05) is 34.6 Å². The van der Waals surface area contributed by atoms with Crippen LogP contribution in [0.5, 0.6) is 0 Å². The first-order chi connectivity index (χ1) is 13.6. The summed E-state index contributed by atoms with van der Waals surface area (Å²) in [6, 6.07) is 16.4. The van der Waals surface area contributed by atoms with Crippen molar-refractivity contribution in [3.05, 3.63) is 77.6 Å². The lowest BCUT2D eigenvalue weighted by Crippen LogP contribution is -2.11. The number of nitrogens with one attached hydrogen (secondary N) is 2. The van der Waals surface area contributed by atoms with Crippen LogP contribution in [0.3, 0.4) is 0 Å². The van der Waals surface area contributed by atoms with E-state index in [1.165, 1.54) is 21.7 Å². The molecule has 1 atom stereocenters. The van der Waals surface area contributed by atoms with Gasteiger partial charge in [-0.15, -0.1) is 0 Å². The van der Waals surface area contributed by atoms with Crippen LogP contribution in [0, 0.1) is 0 Å². The lowest BCUT2D eigenvalue weighted by atomic mass is 9.99. The number of fused-ring (bicyclic) bond motifs is 1. The van der Waals surface area contributed by atoms with Crippen molar-refractivity contribution >= 4 is 29.2 Å². The van der Waals surface area contributed by atoms with E-state index in [0.717, 1.165) is 25.1 Å². The van der Waals surface area contributed by atoms with Gasteiger partial charge in [0.1, 0.15) is 0 Å². The molecule has 2 N–H and O–H groups in total. The molecule has 0 saturated carbocycles. The predicted octanol–water partition coefficient (Wildman–Crippen LogP) is 5.78. The molecule has 0 aliphatic carbocycles. The van der Waals surface area contributed by atoms with Gasteiger partial charge < -0.3 is 10.6 Å². The zero-order valence-electron chi connectivity index (χ0n) is 16.2. The molecule has 1 aliphatic heterocycles. The number of aromatic nitrogens is 1. The Morgan fingerprint density at radius 3 is 2.82 bits per heavy atom. The fourth-order valence-electron chi connectivity index (χ4n) is 3.36. The maximum Gasteiger partial charge on any atom is 0.257 e. The van der Waals surface area contributed by atoms with Gasteiger partial charge in [0.05, 0.1) is 5.56 Å². The number of hydrogen-bond donors (Lipinski definition) is 2. The molecule has 2 aromatic carbocycles. The number of hydrogen-bond acceptors (Lipinski definition) is 3. The van der Waals surface area contributed by atoms with Gasteiger partial charge in [0.2, 0.25) is 0 Å². The van der Waals surface area contributed by atoms with Gasteiger partial charge in [-0.2, -0.15) is 0 Å². The zero-order chi connectivity index (χ0) is 19.5. The van der Waals surface area contributed by atoms with Gasteiger partial charge in [-0.3, -0.25) is 8.77 Å². The van der Waals surface area contributed by atoms with Crippen LogP contribution in [-0.4, -0.2) is 16.4 Å². The van der Waals surface area contributed by atoms with Crippen LogP contribution in [0.15, 0.2) is 65.8 Å². The molecule has 144 valence electrons. The molecule has 1 unspecified atom stereocenters. The topological polar surface area (TPSA) is 46.1 Å². The predicted molar refractivity (Wildman–Crippen MR) is 117 cm³/mol. The Bertz CT molecular complexity index is 978. The average Bonchev–Trinajstić information content (AvgIpc) is 3.37. The maximum atomic E-state index is 12.6. The van der Waals surface area contributed by atoms with Crippen molar-refractivity contribution in [2.75, 3.05) is 17.2 Å². The Hall–Kier alpha value is -2.66. The number of carbonyl (C=O) groups is 1. The molecule has 0 bridgehead atoms. The summed E-state index contributed by atoms with van der Waals surface area (Å²) in [5.41, 5.74) is 5.37. The molecule has 2 heterocycles. The highest BCUT2D eigenvalue weighted by atomic mass is 32.2. The summed E-state index contributed by atoms with van der Waals surface area (Å²) in [6.07, 6.45) is 5.98. The largest absolute Gasteiger partial charge is 0.384 e. The minimum atomic E-state index is -0.0891. The number of amides is 1. The van der Waals surface area contributed by atoms with Gasteiger partial charge in [0.15, 0.2) is 0 Å². The van der Waals surface area contributed by atoms with E-state index < -0.39 is 0 Å². The van der Waals surface area contributed by atoms with Crippen LogP contribution in [-0.2, 0) is 6.42 Å². The zero-order valence-corrected chi connectivity index (χ0v) is 17.1. The number of carbonyl (C=O) groups excluding carboxylic acids is 1. The summed E-state index contributed by atoms with van der Waals surface area (Å²) in [5, 5.41) is 6.36. The quantitative estimate of drug-likeness (QED) is 0.560. The van der Waals surface area contributed by atoms with Crippen LogP contribution in [0.25, 0.3) is 0 Å². The molecule has 5 heteroatoms. The lowest BCUT2D eigenvalue weighted by Gasteiger charge is -2.10. The molecule has 1 amide bonds. The second-order valence-corrected chi connectivity index (χ2v) is 8.31. The third-order valence-electron chi connectivity index (χ3n) is 5.28. The lowest BCUT2D eigenvalue weighted by molar-refractivity contribution is 0.102. The van der Waals surface area contributed by atoms with E-state index in [9.17, 15) is 4.79 Å². The molecule has 4 nitrogen and oxygen atoms in total. The fourth-order valence-corrected chi connectivity index (χ4v) is 4.22. The molecule has 0 saturated heterocycles. The van der Waals surface area contributed by atoms with Crippen molar-refractivity contribution in [1.82, 2.24) is 3.97 Å². The summed E-state index contributed by atoms with van der Waals surface area (Å²) in [7, 11) is 0. The van der Waals surface area contributed by atoms with Crippen molar-refractivity contribution in [3.63, 3.8) is 0 Å². The molecule has 1 aromatic heterocycles. The first-order valence-corrected chi connectivity index (χ1v) is 10.5. The standard InChI is InChI=1S/C23H25N3OS/c1-3-16(2)17-4-6-20(7-5-17)25-23(27)19-11-13-26(15-19)28-21-8-9-22-18(14-21)10-12-24-22/h4-9,11,13-16,24H,3,10,12H2,1-2H3,(H,25,27). The van der Waals surface area contributed by atoms with E-state index in [0.29, 0.717) is 11.5 Å². The molecule has 28 heavy (non-hydrogen) atoms. The van der Waals surface area contributed by atoms with Crippen LogP contribution in [0.2, 0.25) is 0 Å². The fraction of sp³-hybridized carbons (Fsp3) is 0.261. The van der Waals surface area contributed by atoms with E-state index in [2.05, 4.69) is 54.8 Å². The van der Waals surface area contributed by atoms with Crippen LogP contribution >= 0.6 is 11.9 Å². The molecular formula is C23H25N3OS. The van der Waals surface area contributed by atoms with Gasteiger partial charge >= 0.3 is 0 Å². The van der Waals surface area contributed by atoms with Gasteiger partial charge in [-0.05, 0) is 78.2 Å². The smallest absolute Gasteiger partial charge is 0.257 e. The van der Waals surface area contributed by atoms with Gasteiger partial charge in [0.25, 0.3) is 5.91 Å². The summed E-state index contributed by atoms with van der Waals surface area (Å²) in [6.45, 7) is 5.41. The van der Waals surface area contributed by atoms with Gasteiger partial charge in [-0.1, -0.05) is 26.0 Å². The summed E-state index contributed by atoms with van der Waals surface area (Å²) in [5.74, 6) is 0.444. The molecule has 0 fully saturated rings. The molecule has 0 radical (unpaired) electrons. The van der Waals surface area contributed by atoms with E-state index in [1.54, 1.807) is 11.9 Å². The molecule has 4 rings (SSSR count). The van der Waals surface area contributed by atoms with Crippen molar-refractivity contribution in [1.29, 1.82) is 0 Å². The second-order valence-electron chi connectivity index (χ2n) is 7.23. The Kier molecular flexibility index (Phi) is 5.44. The Balaban J connectivity index is 1.40. The number of rotatable bonds is 6. The molecule has 0 spiro atoms. The first kappa shape index (κ1) is 18.7. The van der Waals surface area contributed by atoms with E-state index in [-0.39, 0.29) is 5.91 Å². The van der Waals surface area contributed by atoms with Crippen LogP contribution < -0.4 is 10.6 Å². The van der Waals surface area contributed by atoms with E-state index >= 15 is 0 Å². The number of anilines is 2. The monoisotopic (exact) mass is 391 g/mol. The minimum absolute atomic E-state index is 0.0891. The SMILES string of the molecule is CCC(C)c1ccc(NC(=O)c2ccn(Sc3ccc4c(c3)CCN4)c2)cc1. The van der Waals surface area contributed by atoms with Crippen molar-refractivity contribution in [2.45, 2.75) is 37.5 Å². The van der Waals surface area contributed by atoms with Gasteiger partial charge in [0, 0.05) is 35.2 Å². The average molecular weight is 392 g/mol. The van der Waals surface area contributed by atoms with Crippen molar-refractivity contribution < 1.29 is 4.79 Å². The van der Waals surface area contributed by atoms with Crippen LogP contribution in [0.1, 0.15) is 47.7 Å². The minimum Gasteiger partial charge on any atom is -0.384 e. The van der Waals surface area contributed by atoms with Crippen LogP contribution in [0.4, 0.5) is 11.4 Å². The molecular weight excluding hydrogens is 366 g/mol. The second kappa shape index (κ2) is 8.15. The van der Waals surface area contributed by atoms with Crippen molar-refractivity contribution in [3.8, 4) is 0 Å². The van der Waals surface area contributed by atoms with Gasteiger partial charge in [-0.25, -0.2) is 0 Å². The third kappa shape index (κ3) is 4.09. The Morgan fingerprint density at radius 2 is 2.04 bits per heavy atom.